The fourth-order valence-corrected chi connectivity index (χ4v) is 2.35. The minimum atomic E-state index is -0.195. The van der Waals surface area contributed by atoms with Crippen molar-refractivity contribution in [3.8, 4) is 5.75 Å². The van der Waals surface area contributed by atoms with Crippen LogP contribution in [0.3, 0.4) is 0 Å². The molecular weight excluding hydrogens is 288 g/mol. The van der Waals surface area contributed by atoms with Crippen LogP contribution in [0.5, 0.6) is 5.75 Å². The number of ether oxygens (including phenoxy) is 1. The van der Waals surface area contributed by atoms with Gasteiger partial charge in [0.1, 0.15) is 5.75 Å². The van der Waals surface area contributed by atoms with Crippen LogP contribution in [0.25, 0.3) is 10.9 Å². The third-order valence-corrected chi connectivity index (χ3v) is 3.77. The first-order chi connectivity index (χ1) is 11.1. The highest BCUT2D eigenvalue weighted by molar-refractivity contribution is 6.01. The van der Waals surface area contributed by atoms with Crippen LogP contribution in [0.1, 0.15) is 11.1 Å². The van der Waals surface area contributed by atoms with E-state index in [2.05, 4.69) is 10.3 Å². The minimum Gasteiger partial charge on any atom is -0.484 e. The number of rotatable bonds is 4. The van der Waals surface area contributed by atoms with E-state index in [1.165, 1.54) is 5.56 Å². The van der Waals surface area contributed by atoms with E-state index in [1.54, 1.807) is 6.20 Å². The van der Waals surface area contributed by atoms with Crippen molar-refractivity contribution in [3.63, 3.8) is 0 Å². The molecule has 0 aliphatic heterocycles. The normalized spacial score (nSPS) is 10.5. The molecule has 0 unspecified atom stereocenters. The zero-order valence-corrected chi connectivity index (χ0v) is 13.2. The van der Waals surface area contributed by atoms with Crippen molar-refractivity contribution in [1.29, 1.82) is 0 Å². The van der Waals surface area contributed by atoms with Crippen molar-refractivity contribution in [2.24, 2.45) is 0 Å². The monoisotopic (exact) mass is 306 g/mol. The first-order valence-corrected chi connectivity index (χ1v) is 7.47. The van der Waals surface area contributed by atoms with Crippen molar-refractivity contribution in [2.75, 3.05) is 11.9 Å². The summed E-state index contributed by atoms with van der Waals surface area (Å²) in [7, 11) is 0. The van der Waals surface area contributed by atoms with Crippen LogP contribution >= 0.6 is 0 Å². The Hall–Kier alpha value is -2.88. The van der Waals surface area contributed by atoms with Gasteiger partial charge >= 0.3 is 0 Å². The molecule has 0 saturated heterocycles. The van der Waals surface area contributed by atoms with Gasteiger partial charge in [-0.3, -0.25) is 9.78 Å². The van der Waals surface area contributed by atoms with E-state index < -0.39 is 0 Å². The largest absolute Gasteiger partial charge is 0.484 e. The lowest BCUT2D eigenvalue weighted by Crippen LogP contribution is -2.20. The maximum absolute atomic E-state index is 12.1. The molecule has 1 heterocycles. The van der Waals surface area contributed by atoms with Gasteiger partial charge in [-0.15, -0.1) is 0 Å². The van der Waals surface area contributed by atoms with Gasteiger partial charge in [0.2, 0.25) is 0 Å². The lowest BCUT2D eigenvalue weighted by Gasteiger charge is -2.10. The van der Waals surface area contributed by atoms with E-state index in [0.29, 0.717) is 5.75 Å². The number of carbonyl (C=O) groups is 1. The van der Waals surface area contributed by atoms with E-state index >= 15 is 0 Å². The second kappa shape index (κ2) is 6.48. The average Bonchev–Trinajstić information content (AvgIpc) is 2.56. The SMILES string of the molecule is Cc1ccc(OCC(=O)Nc2cccc3ncccc23)cc1C. The molecule has 0 radical (unpaired) electrons. The van der Waals surface area contributed by atoms with E-state index in [9.17, 15) is 4.79 Å². The molecule has 1 aromatic heterocycles. The number of pyridine rings is 1. The molecule has 1 amide bonds. The second-order valence-electron chi connectivity index (χ2n) is 5.46. The number of nitrogens with zero attached hydrogens (tertiary/aromatic N) is 1. The summed E-state index contributed by atoms with van der Waals surface area (Å²) in [5.41, 5.74) is 3.93. The highest BCUT2D eigenvalue weighted by atomic mass is 16.5. The summed E-state index contributed by atoms with van der Waals surface area (Å²) in [6.45, 7) is 4.03. The van der Waals surface area contributed by atoms with Gasteiger partial charge < -0.3 is 10.1 Å². The number of aromatic nitrogens is 1. The summed E-state index contributed by atoms with van der Waals surface area (Å²) in [5.74, 6) is 0.502. The Morgan fingerprint density at radius 3 is 2.78 bits per heavy atom. The number of anilines is 1. The van der Waals surface area contributed by atoms with Crippen molar-refractivity contribution < 1.29 is 9.53 Å². The highest BCUT2D eigenvalue weighted by Gasteiger charge is 2.07. The smallest absolute Gasteiger partial charge is 0.262 e. The Labute approximate surface area is 135 Å². The third kappa shape index (κ3) is 3.48. The first kappa shape index (κ1) is 15.0. The van der Waals surface area contributed by atoms with Gasteiger partial charge in [-0.25, -0.2) is 0 Å². The quantitative estimate of drug-likeness (QED) is 0.796. The Kier molecular flexibility index (Phi) is 4.24. The Morgan fingerprint density at radius 2 is 1.96 bits per heavy atom. The molecule has 23 heavy (non-hydrogen) atoms. The molecule has 2 aromatic carbocycles. The lowest BCUT2D eigenvalue weighted by molar-refractivity contribution is -0.118. The maximum Gasteiger partial charge on any atom is 0.262 e. The van der Waals surface area contributed by atoms with Crippen LogP contribution in [0.15, 0.2) is 54.7 Å². The van der Waals surface area contributed by atoms with Crippen LogP contribution < -0.4 is 10.1 Å². The maximum atomic E-state index is 12.1. The predicted molar refractivity (Wildman–Crippen MR) is 91.8 cm³/mol. The topological polar surface area (TPSA) is 51.2 Å². The average molecular weight is 306 g/mol. The number of hydrogen-bond donors (Lipinski definition) is 1. The molecule has 4 nitrogen and oxygen atoms in total. The van der Waals surface area contributed by atoms with Gasteiger partial charge in [0.25, 0.3) is 5.91 Å². The van der Waals surface area contributed by atoms with Crippen LogP contribution in [-0.4, -0.2) is 17.5 Å². The fourth-order valence-electron chi connectivity index (χ4n) is 2.35. The van der Waals surface area contributed by atoms with E-state index in [4.69, 9.17) is 4.74 Å². The van der Waals surface area contributed by atoms with Crippen molar-refractivity contribution >= 4 is 22.5 Å². The Balaban J connectivity index is 1.68. The number of carbonyl (C=O) groups excluding carboxylic acids is 1. The molecule has 0 bridgehead atoms. The van der Waals surface area contributed by atoms with Crippen molar-refractivity contribution in [1.82, 2.24) is 4.98 Å². The third-order valence-electron chi connectivity index (χ3n) is 3.77. The molecule has 0 aliphatic carbocycles. The Morgan fingerprint density at radius 1 is 1.09 bits per heavy atom. The number of fused-ring (bicyclic) bond motifs is 1. The highest BCUT2D eigenvalue weighted by Crippen LogP contribution is 2.21. The molecule has 0 fully saturated rings. The number of benzene rings is 2. The standard InChI is InChI=1S/C19H18N2O2/c1-13-8-9-15(11-14(13)2)23-12-19(22)21-18-7-3-6-17-16(18)5-4-10-20-17/h3-11H,12H2,1-2H3,(H,21,22). The predicted octanol–water partition coefficient (Wildman–Crippen LogP) is 3.87. The number of hydrogen-bond acceptors (Lipinski definition) is 3. The summed E-state index contributed by atoms with van der Waals surface area (Å²) in [5, 5.41) is 3.79. The van der Waals surface area contributed by atoms with Crippen LogP contribution in [0, 0.1) is 13.8 Å². The number of nitrogens with one attached hydrogen (secondary N) is 1. The summed E-state index contributed by atoms with van der Waals surface area (Å²) in [6, 6.07) is 15.2. The molecule has 3 rings (SSSR count). The van der Waals surface area contributed by atoms with E-state index in [-0.39, 0.29) is 12.5 Å². The van der Waals surface area contributed by atoms with E-state index in [1.807, 2.05) is 62.4 Å². The molecule has 0 saturated carbocycles. The second-order valence-corrected chi connectivity index (χ2v) is 5.46. The van der Waals surface area contributed by atoms with Gasteiger partial charge in [-0.1, -0.05) is 12.1 Å². The van der Waals surface area contributed by atoms with Gasteiger partial charge in [0.15, 0.2) is 6.61 Å². The van der Waals surface area contributed by atoms with Gasteiger partial charge in [0, 0.05) is 11.6 Å². The minimum absolute atomic E-state index is 0.0286. The molecule has 0 atom stereocenters. The molecular formula is C19H18N2O2. The number of aryl methyl sites for hydroxylation is 2. The molecule has 3 aromatic rings. The van der Waals surface area contributed by atoms with Gasteiger partial charge in [-0.05, 0) is 61.4 Å². The fraction of sp³-hybridized carbons (Fsp3) is 0.158. The lowest BCUT2D eigenvalue weighted by atomic mass is 10.1. The van der Waals surface area contributed by atoms with Gasteiger partial charge in [-0.2, -0.15) is 0 Å². The number of amides is 1. The molecule has 116 valence electrons. The Bertz CT molecular complexity index is 854. The summed E-state index contributed by atoms with van der Waals surface area (Å²) in [6.07, 6.45) is 1.73. The van der Waals surface area contributed by atoms with Crippen molar-refractivity contribution in [3.05, 3.63) is 65.9 Å². The summed E-state index contributed by atoms with van der Waals surface area (Å²) in [4.78, 5) is 16.4. The van der Waals surface area contributed by atoms with Gasteiger partial charge in [0.05, 0.1) is 11.2 Å². The zero-order chi connectivity index (χ0) is 16.2. The van der Waals surface area contributed by atoms with Crippen LogP contribution in [0.4, 0.5) is 5.69 Å². The van der Waals surface area contributed by atoms with Crippen molar-refractivity contribution in [2.45, 2.75) is 13.8 Å². The first-order valence-electron chi connectivity index (χ1n) is 7.47. The molecule has 1 N–H and O–H groups in total. The molecule has 0 aliphatic rings. The summed E-state index contributed by atoms with van der Waals surface area (Å²) >= 11 is 0. The summed E-state index contributed by atoms with van der Waals surface area (Å²) < 4.78 is 5.56. The zero-order valence-electron chi connectivity index (χ0n) is 13.2. The van der Waals surface area contributed by atoms with E-state index in [0.717, 1.165) is 22.2 Å². The van der Waals surface area contributed by atoms with Crippen LogP contribution in [0.2, 0.25) is 0 Å². The molecule has 0 spiro atoms. The van der Waals surface area contributed by atoms with Crippen LogP contribution in [-0.2, 0) is 4.79 Å². The molecule has 4 heteroatoms.